The second kappa shape index (κ2) is 7.61. The lowest BCUT2D eigenvalue weighted by Crippen LogP contribution is -2.48. The molecular formula is C16H23N5O3S. The molecule has 136 valence electrons. The number of benzene rings is 1. The number of hydrogen-bond donors (Lipinski definition) is 1. The Morgan fingerprint density at radius 2 is 1.96 bits per heavy atom. The minimum absolute atomic E-state index is 0.538. The van der Waals surface area contributed by atoms with Crippen molar-refractivity contribution in [2.24, 2.45) is 11.1 Å². The van der Waals surface area contributed by atoms with E-state index < -0.39 is 11.5 Å². The number of fused-ring (bicyclic) bond motifs is 1. The van der Waals surface area contributed by atoms with Crippen LogP contribution in [0.5, 0.6) is 11.5 Å². The molecule has 0 saturated carbocycles. The first kappa shape index (κ1) is 18.0. The topological polar surface area (TPSA) is 99.8 Å². The van der Waals surface area contributed by atoms with Crippen LogP contribution in [0.2, 0.25) is 0 Å². The van der Waals surface area contributed by atoms with Gasteiger partial charge in [0.05, 0.1) is 19.7 Å². The third kappa shape index (κ3) is 3.74. The van der Waals surface area contributed by atoms with Gasteiger partial charge in [0.15, 0.2) is 11.5 Å². The Labute approximate surface area is 150 Å². The number of nitrogens with two attached hydrogens (primary N) is 1. The Balaban J connectivity index is 1.73. The maximum absolute atomic E-state index is 11.2. The molecule has 0 aliphatic carbocycles. The summed E-state index contributed by atoms with van der Waals surface area (Å²) in [5.41, 5.74) is 0.823. The van der Waals surface area contributed by atoms with Crippen molar-refractivity contribution in [2.45, 2.75) is 6.42 Å². The fourth-order valence-corrected chi connectivity index (χ4v) is 3.29. The summed E-state index contributed by atoms with van der Waals surface area (Å²) >= 11 is -1.40. The maximum Gasteiger partial charge on any atom is 0.162 e. The van der Waals surface area contributed by atoms with Crippen LogP contribution in [0.25, 0.3) is 10.9 Å². The SMILES string of the molecule is COc1cc2ncnc(N3CC(CCN(C)[S+](N)[O-])C3)c2cc1OC. The smallest absolute Gasteiger partial charge is 0.162 e. The molecule has 1 aliphatic heterocycles. The minimum atomic E-state index is -1.40. The summed E-state index contributed by atoms with van der Waals surface area (Å²) in [6, 6.07) is 3.78. The van der Waals surface area contributed by atoms with Crippen molar-refractivity contribution in [1.82, 2.24) is 14.3 Å². The lowest BCUT2D eigenvalue weighted by atomic mass is 9.96. The molecule has 1 aromatic heterocycles. The summed E-state index contributed by atoms with van der Waals surface area (Å²) in [6.07, 6.45) is 2.53. The van der Waals surface area contributed by atoms with Gasteiger partial charge in [-0.25, -0.2) is 9.97 Å². The fourth-order valence-electron chi connectivity index (χ4n) is 3.00. The summed E-state index contributed by atoms with van der Waals surface area (Å²) in [6.45, 7) is 2.54. The van der Waals surface area contributed by atoms with Gasteiger partial charge < -0.3 is 18.9 Å². The quantitative estimate of drug-likeness (QED) is 0.724. The van der Waals surface area contributed by atoms with Gasteiger partial charge >= 0.3 is 0 Å². The van der Waals surface area contributed by atoms with Gasteiger partial charge in [0.25, 0.3) is 0 Å². The van der Waals surface area contributed by atoms with Crippen molar-refractivity contribution in [2.75, 3.05) is 45.8 Å². The molecule has 3 rings (SSSR count). The zero-order valence-corrected chi connectivity index (χ0v) is 15.5. The Morgan fingerprint density at radius 3 is 2.60 bits per heavy atom. The molecule has 1 atom stereocenters. The van der Waals surface area contributed by atoms with Crippen LogP contribution in [0.1, 0.15) is 6.42 Å². The van der Waals surface area contributed by atoms with Crippen molar-refractivity contribution >= 4 is 28.3 Å². The number of aromatic nitrogens is 2. The Kier molecular flexibility index (Phi) is 5.48. The molecule has 1 aromatic carbocycles. The molecule has 0 spiro atoms. The predicted octanol–water partition coefficient (Wildman–Crippen LogP) is 0.943. The summed E-state index contributed by atoms with van der Waals surface area (Å²) in [5.74, 6) is 2.75. The first-order valence-electron chi connectivity index (χ1n) is 8.02. The van der Waals surface area contributed by atoms with Crippen LogP contribution in [0.4, 0.5) is 5.82 Å². The van der Waals surface area contributed by atoms with E-state index in [1.54, 1.807) is 31.9 Å². The van der Waals surface area contributed by atoms with E-state index in [-0.39, 0.29) is 0 Å². The highest BCUT2D eigenvalue weighted by molar-refractivity contribution is 7.86. The lowest BCUT2D eigenvalue weighted by Gasteiger charge is -2.41. The van der Waals surface area contributed by atoms with Gasteiger partial charge in [-0.3, -0.25) is 0 Å². The number of rotatable bonds is 7. The van der Waals surface area contributed by atoms with Gasteiger partial charge in [0.1, 0.15) is 23.7 Å². The van der Waals surface area contributed by atoms with E-state index in [0.717, 1.165) is 42.8 Å². The Bertz CT molecular complexity index is 739. The van der Waals surface area contributed by atoms with Crippen LogP contribution in [0.3, 0.4) is 0 Å². The van der Waals surface area contributed by atoms with Crippen LogP contribution >= 0.6 is 0 Å². The van der Waals surface area contributed by atoms with Crippen molar-refractivity contribution in [3.8, 4) is 11.5 Å². The Hall–Kier alpha value is -1.81. The van der Waals surface area contributed by atoms with Crippen molar-refractivity contribution < 1.29 is 14.0 Å². The fraction of sp³-hybridized carbons (Fsp3) is 0.500. The van der Waals surface area contributed by atoms with Crippen molar-refractivity contribution in [3.63, 3.8) is 0 Å². The number of ether oxygens (including phenoxy) is 2. The molecule has 25 heavy (non-hydrogen) atoms. The highest BCUT2D eigenvalue weighted by Gasteiger charge is 2.30. The molecule has 1 aliphatic rings. The largest absolute Gasteiger partial charge is 0.579 e. The second-order valence-electron chi connectivity index (χ2n) is 6.11. The number of anilines is 1. The number of hydrogen-bond acceptors (Lipinski definition) is 8. The van der Waals surface area contributed by atoms with Crippen molar-refractivity contribution in [3.05, 3.63) is 18.5 Å². The highest BCUT2D eigenvalue weighted by atomic mass is 32.2. The average molecular weight is 365 g/mol. The van der Waals surface area contributed by atoms with E-state index in [0.29, 0.717) is 17.4 Å². The van der Waals surface area contributed by atoms with Gasteiger partial charge in [-0.2, -0.15) is 0 Å². The zero-order valence-electron chi connectivity index (χ0n) is 14.6. The molecule has 1 unspecified atom stereocenters. The van der Waals surface area contributed by atoms with Crippen LogP contribution in [0.15, 0.2) is 18.5 Å². The first-order valence-corrected chi connectivity index (χ1v) is 9.19. The standard InChI is InChI=1S/C16H23N5O3S/c1-20(25(17)22)5-4-11-8-21(9-11)16-12-6-14(23-2)15(24-3)7-13(12)18-10-19-16/h6-7,10-11H,4-5,8-9,17H2,1-3H3. The summed E-state index contributed by atoms with van der Waals surface area (Å²) in [5, 5.41) is 6.31. The molecule has 0 radical (unpaired) electrons. The van der Waals surface area contributed by atoms with Crippen LogP contribution in [-0.2, 0) is 11.5 Å². The molecular weight excluding hydrogens is 342 g/mol. The van der Waals surface area contributed by atoms with Gasteiger partial charge in [0, 0.05) is 38.1 Å². The number of methoxy groups -OCH3 is 2. The summed E-state index contributed by atoms with van der Waals surface area (Å²) in [7, 11) is 4.99. The third-order valence-corrected chi connectivity index (χ3v) is 5.33. The second-order valence-corrected chi connectivity index (χ2v) is 7.28. The van der Waals surface area contributed by atoms with E-state index in [1.807, 2.05) is 12.1 Å². The molecule has 9 heteroatoms. The van der Waals surface area contributed by atoms with Crippen molar-refractivity contribution in [1.29, 1.82) is 0 Å². The van der Waals surface area contributed by atoms with Crippen LogP contribution < -0.4 is 19.5 Å². The predicted molar refractivity (Wildman–Crippen MR) is 97.9 cm³/mol. The minimum Gasteiger partial charge on any atom is -0.579 e. The average Bonchev–Trinajstić information content (AvgIpc) is 2.58. The van der Waals surface area contributed by atoms with Gasteiger partial charge in [-0.15, -0.1) is 9.44 Å². The van der Waals surface area contributed by atoms with Crippen LogP contribution in [0, 0.1) is 5.92 Å². The molecule has 8 nitrogen and oxygen atoms in total. The first-order chi connectivity index (χ1) is 12.0. The molecule has 1 saturated heterocycles. The van der Waals surface area contributed by atoms with Gasteiger partial charge in [0.2, 0.25) is 0 Å². The molecule has 2 heterocycles. The zero-order chi connectivity index (χ0) is 18.0. The molecule has 0 bridgehead atoms. The molecule has 2 aromatic rings. The third-order valence-electron chi connectivity index (χ3n) is 4.54. The monoisotopic (exact) mass is 365 g/mol. The molecule has 0 amide bonds. The maximum atomic E-state index is 11.2. The lowest BCUT2D eigenvalue weighted by molar-refractivity contribution is 0.343. The van der Waals surface area contributed by atoms with E-state index in [9.17, 15) is 4.55 Å². The summed E-state index contributed by atoms with van der Waals surface area (Å²) in [4.78, 5) is 11.0. The normalized spacial score (nSPS) is 16.2. The van der Waals surface area contributed by atoms with E-state index in [2.05, 4.69) is 14.9 Å². The van der Waals surface area contributed by atoms with E-state index in [1.165, 1.54) is 0 Å². The van der Waals surface area contributed by atoms with E-state index in [4.69, 9.17) is 14.6 Å². The number of nitrogens with zero attached hydrogens (tertiary/aromatic N) is 4. The van der Waals surface area contributed by atoms with Crippen LogP contribution in [-0.4, -0.2) is 59.7 Å². The molecule has 2 N–H and O–H groups in total. The summed E-state index contributed by atoms with van der Waals surface area (Å²) < 4.78 is 23.6. The highest BCUT2D eigenvalue weighted by Crippen LogP contribution is 2.36. The van der Waals surface area contributed by atoms with E-state index >= 15 is 0 Å². The molecule has 1 fully saturated rings. The Morgan fingerprint density at radius 1 is 1.28 bits per heavy atom. The van der Waals surface area contributed by atoms with Gasteiger partial charge in [-0.1, -0.05) is 0 Å². The van der Waals surface area contributed by atoms with Gasteiger partial charge in [-0.05, 0) is 18.4 Å².